The minimum Gasteiger partial charge on any atom is -0.506 e. The lowest BCUT2D eigenvalue weighted by Crippen LogP contribution is -2.41. The van der Waals surface area contributed by atoms with Crippen molar-refractivity contribution in [1.82, 2.24) is 10.3 Å². The minimum absolute atomic E-state index is 0.199. The first-order valence-corrected chi connectivity index (χ1v) is 4.41. The third kappa shape index (κ3) is 3.58. The van der Waals surface area contributed by atoms with Crippen LogP contribution >= 0.6 is 0 Å². The highest BCUT2D eigenvalue weighted by Gasteiger charge is 2.40. The molecule has 8 heteroatoms. The Morgan fingerprint density at radius 3 is 2.65 bits per heavy atom. The van der Waals surface area contributed by atoms with Gasteiger partial charge in [0.1, 0.15) is 5.75 Å². The number of aromatic hydroxyl groups is 1. The number of halogens is 4. The maximum absolute atomic E-state index is 12.5. The summed E-state index contributed by atoms with van der Waals surface area (Å²) in [5, 5.41) is 10.6. The Morgan fingerprint density at radius 2 is 2.12 bits per heavy atom. The second-order valence-corrected chi connectivity index (χ2v) is 3.18. The summed E-state index contributed by atoms with van der Waals surface area (Å²) in [5.41, 5.74) is -0.199. The predicted octanol–water partition coefficient (Wildman–Crippen LogP) is 1.42. The first kappa shape index (κ1) is 13.2. The number of hydrogen-bond donors (Lipinski definition) is 2. The van der Waals surface area contributed by atoms with E-state index in [2.05, 4.69) is 4.98 Å². The van der Waals surface area contributed by atoms with Gasteiger partial charge in [-0.05, 0) is 6.07 Å². The number of hydrogen-bond acceptors (Lipinski definition) is 3. The van der Waals surface area contributed by atoms with E-state index in [4.69, 9.17) is 5.11 Å². The first-order valence-electron chi connectivity index (χ1n) is 4.41. The summed E-state index contributed by atoms with van der Waals surface area (Å²) in [6.45, 7) is -1.49. The molecule has 1 heterocycles. The largest absolute Gasteiger partial charge is 0.506 e. The van der Waals surface area contributed by atoms with Crippen molar-refractivity contribution in [3.8, 4) is 5.75 Å². The molecule has 4 nitrogen and oxygen atoms in total. The van der Waals surface area contributed by atoms with Crippen LogP contribution in [0.25, 0.3) is 0 Å². The molecule has 0 bridgehead atoms. The highest BCUT2D eigenvalue weighted by atomic mass is 19.3. The van der Waals surface area contributed by atoms with Gasteiger partial charge in [-0.2, -0.15) is 8.78 Å². The van der Waals surface area contributed by atoms with Crippen LogP contribution in [-0.2, 0) is 0 Å². The molecule has 0 atom stereocenters. The molecule has 0 aliphatic carbocycles. The van der Waals surface area contributed by atoms with Crippen molar-refractivity contribution in [3.63, 3.8) is 0 Å². The van der Waals surface area contributed by atoms with Gasteiger partial charge in [0.2, 0.25) is 0 Å². The first-order chi connectivity index (χ1) is 7.83. The van der Waals surface area contributed by atoms with Gasteiger partial charge in [0.05, 0.1) is 18.3 Å². The molecule has 0 fully saturated rings. The van der Waals surface area contributed by atoms with E-state index in [1.54, 1.807) is 5.32 Å². The molecule has 94 valence electrons. The minimum atomic E-state index is -4.29. The third-order valence-corrected chi connectivity index (χ3v) is 1.79. The van der Waals surface area contributed by atoms with Gasteiger partial charge in [0.25, 0.3) is 5.91 Å². The number of pyridine rings is 1. The van der Waals surface area contributed by atoms with Gasteiger partial charge < -0.3 is 10.4 Å². The average molecular weight is 252 g/mol. The van der Waals surface area contributed by atoms with Crippen molar-refractivity contribution < 1.29 is 27.5 Å². The van der Waals surface area contributed by atoms with Crippen LogP contribution in [0.2, 0.25) is 0 Å². The van der Waals surface area contributed by atoms with Crippen LogP contribution in [0.1, 0.15) is 10.4 Å². The fourth-order valence-electron chi connectivity index (χ4n) is 0.929. The molecule has 0 unspecified atom stereocenters. The van der Waals surface area contributed by atoms with Crippen LogP contribution in [0.5, 0.6) is 5.75 Å². The van der Waals surface area contributed by atoms with Gasteiger partial charge in [-0.1, -0.05) is 0 Å². The third-order valence-electron chi connectivity index (χ3n) is 1.79. The number of amides is 1. The maximum atomic E-state index is 12.5. The van der Waals surface area contributed by atoms with Crippen molar-refractivity contribution >= 4 is 5.91 Å². The number of alkyl halides is 4. The van der Waals surface area contributed by atoms with E-state index in [9.17, 15) is 22.4 Å². The van der Waals surface area contributed by atoms with Crippen molar-refractivity contribution in [3.05, 3.63) is 24.0 Å². The molecule has 0 aliphatic rings. The molecule has 0 aliphatic heterocycles. The van der Waals surface area contributed by atoms with E-state index in [-0.39, 0.29) is 11.3 Å². The van der Waals surface area contributed by atoms with E-state index in [0.29, 0.717) is 0 Å². The quantitative estimate of drug-likeness (QED) is 0.796. The topological polar surface area (TPSA) is 62.2 Å². The van der Waals surface area contributed by atoms with Crippen LogP contribution in [0.4, 0.5) is 17.6 Å². The van der Waals surface area contributed by atoms with Gasteiger partial charge >= 0.3 is 12.3 Å². The Labute approximate surface area is 93.3 Å². The number of carbonyl (C=O) groups excluding carboxylic acids is 1. The fourth-order valence-corrected chi connectivity index (χ4v) is 0.929. The lowest BCUT2D eigenvalue weighted by atomic mass is 10.2. The van der Waals surface area contributed by atoms with E-state index in [1.165, 1.54) is 0 Å². The molecule has 0 radical (unpaired) electrons. The zero-order chi connectivity index (χ0) is 13.1. The smallest absolute Gasteiger partial charge is 0.324 e. The van der Waals surface area contributed by atoms with E-state index < -0.39 is 24.8 Å². The molecular formula is C9H8F4N2O2. The second-order valence-electron chi connectivity index (χ2n) is 3.18. The lowest BCUT2D eigenvalue weighted by molar-refractivity contribution is -0.123. The molecule has 0 saturated heterocycles. The van der Waals surface area contributed by atoms with E-state index >= 15 is 0 Å². The molecule has 17 heavy (non-hydrogen) atoms. The summed E-state index contributed by atoms with van der Waals surface area (Å²) in [6.07, 6.45) is -1.81. The van der Waals surface area contributed by atoms with Gasteiger partial charge in [-0.3, -0.25) is 9.78 Å². The van der Waals surface area contributed by atoms with Crippen molar-refractivity contribution in [1.29, 1.82) is 0 Å². The van der Waals surface area contributed by atoms with E-state index in [1.807, 2.05) is 0 Å². The highest BCUT2D eigenvalue weighted by molar-refractivity contribution is 5.94. The monoisotopic (exact) mass is 252 g/mol. The Kier molecular flexibility index (Phi) is 3.87. The number of rotatable bonds is 4. The Balaban J connectivity index is 2.62. The average Bonchev–Trinajstić information content (AvgIpc) is 2.25. The van der Waals surface area contributed by atoms with Gasteiger partial charge in [-0.15, -0.1) is 0 Å². The molecule has 0 aromatic carbocycles. The van der Waals surface area contributed by atoms with Crippen molar-refractivity contribution in [2.45, 2.75) is 12.3 Å². The summed E-state index contributed by atoms with van der Waals surface area (Å²) in [7, 11) is 0. The SMILES string of the molecule is O=C(NCC(F)(F)C(F)F)c1cncc(O)c1. The van der Waals surface area contributed by atoms with Crippen molar-refractivity contribution in [2.24, 2.45) is 0 Å². The summed E-state index contributed by atoms with van der Waals surface area (Å²) < 4.78 is 48.5. The van der Waals surface area contributed by atoms with Crippen LogP contribution in [-0.4, -0.2) is 34.9 Å². The molecule has 0 saturated carbocycles. The molecule has 1 rings (SSSR count). The van der Waals surface area contributed by atoms with Gasteiger partial charge in [0.15, 0.2) is 0 Å². The number of nitrogens with zero attached hydrogens (tertiary/aromatic N) is 1. The van der Waals surface area contributed by atoms with Crippen LogP contribution in [0.3, 0.4) is 0 Å². The maximum Gasteiger partial charge on any atom is 0.324 e. The van der Waals surface area contributed by atoms with Crippen LogP contribution < -0.4 is 5.32 Å². The fraction of sp³-hybridized carbons (Fsp3) is 0.333. The summed E-state index contributed by atoms with van der Waals surface area (Å²) in [4.78, 5) is 14.7. The predicted molar refractivity (Wildman–Crippen MR) is 49.2 cm³/mol. The Hall–Kier alpha value is -1.86. The molecule has 2 N–H and O–H groups in total. The molecule has 1 amide bonds. The zero-order valence-electron chi connectivity index (χ0n) is 8.33. The second kappa shape index (κ2) is 4.98. The van der Waals surface area contributed by atoms with Crippen molar-refractivity contribution in [2.75, 3.05) is 6.54 Å². The standard InChI is InChI=1S/C9H8F4N2O2/c10-8(11)9(12,13)4-15-7(17)5-1-6(16)3-14-2-5/h1-3,8,16H,4H2,(H,15,17). The van der Waals surface area contributed by atoms with E-state index in [0.717, 1.165) is 18.5 Å². The molecule has 1 aromatic rings. The highest BCUT2D eigenvalue weighted by Crippen LogP contribution is 2.21. The Morgan fingerprint density at radius 1 is 1.47 bits per heavy atom. The number of carbonyl (C=O) groups is 1. The molecule has 0 spiro atoms. The zero-order valence-corrected chi connectivity index (χ0v) is 8.33. The molecular weight excluding hydrogens is 244 g/mol. The van der Waals surface area contributed by atoms with Crippen LogP contribution in [0.15, 0.2) is 18.5 Å². The van der Waals surface area contributed by atoms with Gasteiger partial charge in [-0.25, -0.2) is 8.78 Å². The van der Waals surface area contributed by atoms with Gasteiger partial charge in [0, 0.05) is 6.20 Å². The van der Waals surface area contributed by atoms with Crippen LogP contribution in [0, 0.1) is 0 Å². The Bertz CT molecular complexity index is 412. The normalized spacial score (nSPS) is 11.6. The lowest BCUT2D eigenvalue weighted by Gasteiger charge is -2.15. The summed E-state index contributed by atoms with van der Waals surface area (Å²) >= 11 is 0. The summed E-state index contributed by atoms with van der Waals surface area (Å²) in [5.74, 6) is -5.65. The number of nitrogens with one attached hydrogen (secondary N) is 1. The number of aromatic nitrogens is 1. The molecule has 1 aromatic heterocycles. The summed E-state index contributed by atoms with van der Waals surface area (Å²) in [6, 6.07) is 0.975.